The maximum Gasteiger partial charge on any atom is 0.241 e. The highest BCUT2D eigenvalue weighted by atomic mass is 16.2. The zero-order valence-electron chi connectivity index (χ0n) is 11.0. The predicted molar refractivity (Wildman–Crippen MR) is 65.7 cm³/mol. The quantitative estimate of drug-likeness (QED) is 0.421. The third-order valence-corrected chi connectivity index (χ3v) is 3.32. The van der Waals surface area contributed by atoms with Crippen molar-refractivity contribution in [1.82, 2.24) is 10.3 Å². The lowest BCUT2D eigenvalue weighted by atomic mass is 9.92. The molecule has 1 fully saturated rings. The Kier molecular flexibility index (Phi) is 4.51. The Morgan fingerprint density at radius 2 is 2.24 bits per heavy atom. The van der Waals surface area contributed by atoms with Crippen molar-refractivity contribution in [2.24, 2.45) is 17.2 Å². The number of hydrogen-bond acceptors (Lipinski definition) is 3. The summed E-state index contributed by atoms with van der Waals surface area (Å²) in [6, 6.07) is 0. The van der Waals surface area contributed by atoms with Gasteiger partial charge in [0.2, 0.25) is 11.8 Å². The average molecular weight is 241 g/mol. The molecule has 0 saturated carbocycles. The zero-order valence-corrected chi connectivity index (χ0v) is 11.0. The molecule has 1 saturated heterocycles. The molecule has 0 radical (unpaired) electrons. The normalized spacial score (nSPS) is 20.8. The maximum atomic E-state index is 11.8. The van der Waals surface area contributed by atoms with Crippen LogP contribution in [0, 0.1) is 11.3 Å². The second-order valence-electron chi connectivity index (χ2n) is 5.49. The lowest BCUT2D eigenvalue weighted by Crippen LogP contribution is -2.47. The minimum absolute atomic E-state index is 0.154. The molecular weight excluding hydrogens is 218 g/mol. The first-order valence-electron chi connectivity index (χ1n) is 6.19. The molecule has 1 unspecified atom stereocenters. The fourth-order valence-corrected chi connectivity index (χ4v) is 2.35. The van der Waals surface area contributed by atoms with E-state index in [-0.39, 0.29) is 11.8 Å². The first-order chi connectivity index (χ1) is 7.90. The zero-order chi connectivity index (χ0) is 13.1. The number of hydrazine groups is 1. The van der Waals surface area contributed by atoms with Gasteiger partial charge in [-0.25, -0.2) is 5.84 Å². The van der Waals surface area contributed by atoms with Gasteiger partial charge in [0.15, 0.2) is 0 Å². The number of carbonyl (C=O) groups is 2. The van der Waals surface area contributed by atoms with Crippen LogP contribution in [0.2, 0.25) is 0 Å². The molecule has 5 heteroatoms. The molecule has 1 aliphatic heterocycles. The average Bonchev–Trinajstić information content (AvgIpc) is 2.58. The van der Waals surface area contributed by atoms with Gasteiger partial charge < -0.3 is 4.90 Å². The fourth-order valence-electron chi connectivity index (χ4n) is 2.35. The maximum absolute atomic E-state index is 11.8. The number of carbonyl (C=O) groups excluding carboxylic acids is 2. The standard InChI is InChI=1S/C12H23N3O2/c1-4-5-9-6-10(16)15(7-9)8-12(2,3)11(17)14-13/h9H,4-8,13H2,1-3H3,(H,14,17). The summed E-state index contributed by atoms with van der Waals surface area (Å²) in [7, 11) is 0. The van der Waals surface area contributed by atoms with E-state index < -0.39 is 5.41 Å². The van der Waals surface area contributed by atoms with Gasteiger partial charge in [-0.1, -0.05) is 13.3 Å². The van der Waals surface area contributed by atoms with Crippen molar-refractivity contribution in [3.8, 4) is 0 Å². The SMILES string of the molecule is CCCC1CC(=O)N(CC(C)(C)C(=O)NN)C1. The molecular formula is C12H23N3O2. The predicted octanol–water partition coefficient (Wildman–Crippen LogP) is 0.651. The van der Waals surface area contributed by atoms with Crippen LogP contribution < -0.4 is 11.3 Å². The number of rotatable bonds is 5. The number of nitrogens with two attached hydrogens (primary N) is 1. The Balaban J connectivity index is 2.58. The Bertz CT molecular complexity index is 302. The van der Waals surface area contributed by atoms with Crippen molar-refractivity contribution in [1.29, 1.82) is 0 Å². The van der Waals surface area contributed by atoms with Crippen molar-refractivity contribution < 1.29 is 9.59 Å². The summed E-state index contributed by atoms with van der Waals surface area (Å²) in [5.74, 6) is 5.51. The first-order valence-corrected chi connectivity index (χ1v) is 6.19. The van der Waals surface area contributed by atoms with E-state index in [9.17, 15) is 9.59 Å². The van der Waals surface area contributed by atoms with Crippen LogP contribution in [0.25, 0.3) is 0 Å². The topological polar surface area (TPSA) is 75.4 Å². The number of nitrogens with one attached hydrogen (secondary N) is 1. The van der Waals surface area contributed by atoms with Gasteiger partial charge in [-0.2, -0.15) is 0 Å². The molecule has 0 aromatic carbocycles. The molecule has 98 valence electrons. The smallest absolute Gasteiger partial charge is 0.241 e. The third-order valence-electron chi connectivity index (χ3n) is 3.32. The molecule has 1 aliphatic rings. The van der Waals surface area contributed by atoms with Crippen LogP contribution in [0.15, 0.2) is 0 Å². The van der Waals surface area contributed by atoms with E-state index >= 15 is 0 Å². The van der Waals surface area contributed by atoms with Crippen molar-refractivity contribution in [3.05, 3.63) is 0 Å². The van der Waals surface area contributed by atoms with Crippen LogP contribution in [0.1, 0.15) is 40.0 Å². The summed E-state index contributed by atoms with van der Waals surface area (Å²) in [4.78, 5) is 25.2. The number of nitrogens with zero attached hydrogens (tertiary/aromatic N) is 1. The number of likely N-dealkylation sites (tertiary alicyclic amines) is 1. The lowest BCUT2D eigenvalue weighted by molar-refractivity contribution is -0.134. The third kappa shape index (κ3) is 3.43. The molecule has 1 heterocycles. The molecule has 3 N–H and O–H groups in total. The fraction of sp³-hybridized carbons (Fsp3) is 0.833. The van der Waals surface area contributed by atoms with Crippen LogP contribution in [-0.2, 0) is 9.59 Å². The molecule has 0 aliphatic carbocycles. The summed E-state index contributed by atoms with van der Waals surface area (Å²) >= 11 is 0. The molecule has 0 bridgehead atoms. The number of hydrogen-bond donors (Lipinski definition) is 2. The van der Waals surface area contributed by atoms with Gasteiger partial charge >= 0.3 is 0 Å². The van der Waals surface area contributed by atoms with Crippen molar-refractivity contribution >= 4 is 11.8 Å². The molecule has 2 amide bonds. The van der Waals surface area contributed by atoms with E-state index in [0.717, 1.165) is 19.4 Å². The van der Waals surface area contributed by atoms with Crippen molar-refractivity contribution in [2.75, 3.05) is 13.1 Å². The Hall–Kier alpha value is -1.10. The summed E-state index contributed by atoms with van der Waals surface area (Å²) in [5, 5.41) is 0. The summed E-state index contributed by atoms with van der Waals surface area (Å²) in [6.07, 6.45) is 2.79. The first kappa shape index (κ1) is 14.0. The van der Waals surface area contributed by atoms with E-state index in [2.05, 4.69) is 12.3 Å². The van der Waals surface area contributed by atoms with Crippen LogP contribution in [0.5, 0.6) is 0 Å². The summed E-state index contributed by atoms with van der Waals surface area (Å²) in [5.41, 5.74) is 1.52. The molecule has 0 spiro atoms. The van der Waals surface area contributed by atoms with Gasteiger partial charge in [-0.15, -0.1) is 0 Å². The molecule has 5 nitrogen and oxygen atoms in total. The minimum Gasteiger partial charge on any atom is -0.341 e. The van der Waals surface area contributed by atoms with Crippen molar-refractivity contribution in [3.63, 3.8) is 0 Å². The molecule has 0 aromatic heterocycles. The van der Waals surface area contributed by atoms with Crippen LogP contribution >= 0.6 is 0 Å². The molecule has 1 atom stereocenters. The summed E-state index contributed by atoms with van der Waals surface area (Å²) < 4.78 is 0. The van der Waals surface area contributed by atoms with Crippen LogP contribution in [0.3, 0.4) is 0 Å². The van der Waals surface area contributed by atoms with Crippen LogP contribution in [0.4, 0.5) is 0 Å². The van der Waals surface area contributed by atoms with Gasteiger partial charge in [0.25, 0.3) is 0 Å². The lowest BCUT2D eigenvalue weighted by Gasteiger charge is -2.28. The van der Waals surface area contributed by atoms with E-state index in [1.165, 1.54) is 0 Å². The van der Waals surface area contributed by atoms with Gasteiger partial charge in [0.05, 0.1) is 5.41 Å². The van der Waals surface area contributed by atoms with E-state index in [0.29, 0.717) is 18.9 Å². The summed E-state index contributed by atoms with van der Waals surface area (Å²) in [6.45, 7) is 6.94. The van der Waals surface area contributed by atoms with E-state index in [1.807, 2.05) is 0 Å². The highest BCUT2D eigenvalue weighted by molar-refractivity contribution is 5.83. The van der Waals surface area contributed by atoms with Gasteiger partial charge in [0, 0.05) is 19.5 Å². The largest absolute Gasteiger partial charge is 0.341 e. The van der Waals surface area contributed by atoms with E-state index in [4.69, 9.17) is 5.84 Å². The van der Waals surface area contributed by atoms with E-state index in [1.54, 1.807) is 18.7 Å². The second-order valence-corrected chi connectivity index (χ2v) is 5.49. The monoisotopic (exact) mass is 241 g/mol. The molecule has 0 aromatic rings. The van der Waals surface area contributed by atoms with Gasteiger partial charge in [-0.05, 0) is 26.2 Å². The van der Waals surface area contributed by atoms with Gasteiger partial charge in [0.1, 0.15) is 0 Å². The molecule has 17 heavy (non-hydrogen) atoms. The Morgan fingerprint density at radius 1 is 1.59 bits per heavy atom. The number of amides is 2. The second kappa shape index (κ2) is 5.49. The highest BCUT2D eigenvalue weighted by Gasteiger charge is 2.36. The Morgan fingerprint density at radius 3 is 2.76 bits per heavy atom. The Labute approximate surface area is 103 Å². The molecule has 1 rings (SSSR count). The minimum atomic E-state index is -0.633. The van der Waals surface area contributed by atoms with Gasteiger partial charge in [-0.3, -0.25) is 15.0 Å². The van der Waals surface area contributed by atoms with Crippen molar-refractivity contribution in [2.45, 2.75) is 40.0 Å². The van der Waals surface area contributed by atoms with Crippen LogP contribution in [-0.4, -0.2) is 29.8 Å². The highest BCUT2D eigenvalue weighted by Crippen LogP contribution is 2.26.